The van der Waals surface area contributed by atoms with E-state index in [0.29, 0.717) is 22.3 Å². The Morgan fingerprint density at radius 3 is 2.80 bits per heavy atom. The molecule has 2 aromatic heterocycles. The lowest BCUT2D eigenvalue weighted by Crippen LogP contribution is -2.29. The van der Waals surface area contributed by atoms with E-state index < -0.39 is 11.9 Å². The number of halogens is 3. The van der Waals surface area contributed by atoms with Crippen molar-refractivity contribution in [2.75, 3.05) is 18.8 Å². The first-order valence-electron chi connectivity index (χ1n) is 9.62. The third-order valence-corrected chi connectivity index (χ3v) is 5.84. The number of piperidine rings is 1. The highest BCUT2D eigenvalue weighted by atomic mass is 35.5. The lowest BCUT2D eigenvalue weighted by atomic mass is 10.1. The molecule has 3 N–H and O–H groups in total. The lowest BCUT2D eigenvalue weighted by molar-refractivity contribution is 0.218. The zero-order chi connectivity index (χ0) is 21.3. The Morgan fingerprint density at radius 1 is 1.27 bits per heavy atom. The number of ether oxygens (including phenoxy) is 1. The van der Waals surface area contributed by atoms with Crippen LogP contribution >= 0.6 is 23.2 Å². The van der Waals surface area contributed by atoms with E-state index in [9.17, 15) is 4.39 Å². The van der Waals surface area contributed by atoms with Crippen LogP contribution in [0.3, 0.4) is 0 Å². The Hall–Kier alpha value is -2.42. The van der Waals surface area contributed by atoms with Gasteiger partial charge < -0.3 is 15.8 Å². The fourth-order valence-corrected chi connectivity index (χ4v) is 4.17. The SMILES string of the molecule is CC(Oc1nc(-c2cnn(C3CCNCC3)c2)cnc1N)c1c(Cl)ccc(F)c1Cl. The maximum Gasteiger partial charge on any atom is 0.258 e. The highest BCUT2D eigenvalue weighted by Gasteiger charge is 2.21. The summed E-state index contributed by atoms with van der Waals surface area (Å²) in [6, 6.07) is 2.99. The van der Waals surface area contributed by atoms with Gasteiger partial charge in [0.1, 0.15) is 11.9 Å². The molecule has 0 bridgehead atoms. The summed E-state index contributed by atoms with van der Waals surface area (Å²) in [5, 5.41) is 8.02. The van der Waals surface area contributed by atoms with E-state index in [1.165, 1.54) is 12.1 Å². The maximum absolute atomic E-state index is 13.9. The van der Waals surface area contributed by atoms with E-state index in [2.05, 4.69) is 20.4 Å². The molecule has 1 atom stereocenters. The van der Waals surface area contributed by atoms with Crippen LogP contribution in [0.1, 0.15) is 37.5 Å². The van der Waals surface area contributed by atoms with Crippen LogP contribution in [-0.2, 0) is 0 Å². The molecule has 0 radical (unpaired) electrons. The molecule has 158 valence electrons. The van der Waals surface area contributed by atoms with E-state index in [4.69, 9.17) is 33.7 Å². The summed E-state index contributed by atoms with van der Waals surface area (Å²) in [6.07, 6.45) is 6.62. The van der Waals surface area contributed by atoms with E-state index in [1.807, 2.05) is 10.9 Å². The summed E-state index contributed by atoms with van der Waals surface area (Å²) in [4.78, 5) is 8.68. The maximum atomic E-state index is 13.9. The number of rotatable bonds is 5. The Kier molecular flexibility index (Phi) is 6.08. The number of aromatic nitrogens is 4. The largest absolute Gasteiger partial charge is 0.467 e. The van der Waals surface area contributed by atoms with Crippen molar-refractivity contribution in [3.8, 4) is 17.1 Å². The fraction of sp³-hybridized carbons (Fsp3) is 0.350. The number of hydrogen-bond donors (Lipinski definition) is 2. The van der Waals surface area contributed by atoms with Crippen molar-refractivity contribution in [3.63, 3.8) is 0 Å². The van der Waals surface area contributed by atoms with Gasteiger partial charge in [-0.05, 0) is 45.0 Å². The van der Waals surface area contributed by atoms with Gasteiger partial charge in [0, 0.05) is 22.3 Å². The van der Waals surface area contributed by atoms with Crippen LogP contribution in [0.15, 0.2) is 30.7 Å². The number of anilines is 1. The Labute approximate surface area is 183 Å². The van der Waals surface area contributed by atoms with Crippen molar-refractivity contribution in [2.24, 2.45) is 0 Å². The van der Waals surface area contributed by atoms with Gasteiger partial charge in [-0.15, -0.1) is 0 Å². The van der Waals surface area contributed by atoms with Gasteiger partial charge in [-0.25, -0.2) is 14.4 Å². The number of nitrogens with two attached hydrogens (primary N) is 1. The van der Waals surface area contributed by atoms with Crippen LogP contribution in [0.25, 0.3) is 11.3 Å². The van der Waals surface area contributed by atoms with Crippen molar-refractivity contribution < 1.29 is 9.13 Å². The van der Waals surface area contributed by atoms with Crippen LogP contribution in [0.5, 0.6) is 5.88 Å². The molecule has 10 heteroatoms. The van der Waals surface area contributed by atoms with Gasteiger partial charge in [0.15, 0.2) is 5.82 Å². The van der Waals surface area contributed by atoms with Crippen molar-refractivity contribution in [1.82, 2.24) is 25.1 Å². The molecule has 1 aliphatic heterocycles. The van der Waals surface area contributed by atoms with Gasteiger partial charge in [0.25, 0.3) is 5.88 Å². The van der Waals surface area contributed by atoms with Crippen LogP contribution in [-0.4, -0.2) is 32.8 Å². The molecule has 7 nitrogen and oxygen atoms in total. The van der Waals surface area contributed by atoms with E-state index in [0.717, 1.165) is 31.5 Å². The van der Waals surface area contributed by atoms with Crippen molar-refractivity contribution in [1.29, 1.82) is 0 Å². The standard InChI is InChI=1S/C20H21Cl2FN6O/c1-11(17-14(21)2-3-15(23)18(17)22)30-20-19(24)26-9-16(28-20)12-8-27-29(10-12)13-4-6-25-7-5-13/h2-3,8-11,13,25H,4-7H2,1H3,(H2,24,26). The van der Waals surface area contributed by atoms with E-state index in [1.54, 1.807) is 19.3 Å². The molecule has 30 heavy (non-hydrogen) atoms. The molecule has 1 unspecified atom stereocenters. The lowest BCUT2D eigenvalue weighted by Gasteiger charge is -2.22. The first-order valence-corrected chi connectivity index (χ1v) is 10.4. The monoisotopic (exact) mass is 450 g/mol. The molecule has 0 amide bonds. The molecule has 1 fully saturated rings. The summed E-state index contributed by atoms with van der Waals surface area (Å²) >= 11 is 12.3. The molecule has 3 aromatic rings. The third kappa shape index (κ3) is 4.21. The first kappa shape index (κ1) is 20.8. The number of nitrogens with zero attached hydrogens (tertiary/aromatic N) is 4. The predicted molar refractivity (Wildman–Crippen MR) is 114 cm³/mol. The van der Waals surface area contributed by atoms with Gasteiger partial charge in [0.2, 0.25) is 0 Å². The summed E-state index contributed by atoms with van der Waals surface area (Å²) in [5.41, 5.74) is 7.66. The Morgan fingerprint density at radius 2 is 2.03 bits per heavy atom. The molecular weight excluding hydrogens is 430 g/mol. The zero-order valence-electron chi connectivity index (χ0n) is 16.3. The summed E-state index contributed by atoms with van der Waals surface area (Å²) < 4.78 is 21.7. The minimum Gasteiger partial charge on any atom is -0.467 e. The molecule has 1 aromatic carbocycles. The predicted octanol–water partition coefficient (Wildman–Crippen LogP) is 4.43. The van der Waals surface area contributed by atoms with Gasteiger partial charge in [-0.2, -0.15) is 5.10 Å². The smallest absolute Gasteiger partial charge is 0.258 e. The highest BCUT2D eigenvalue weighted by Crippen LogP contribution is 2.35. The second kappa shape index (κ2) is 8.75. The van der Waals surface area contributed by atoms with Gasteiger partial charge in [-0.1, -0.05) is 23.2 Å². The van der Waals surface area contributed by atoms with Gasteiger partial charge in [0.05, 0.1) is 29.2 Å². The number of benzene rings is 1. The van der Waals surface area contributed by atoms with Gasteiger partial charge in [-0.3, -0.25) is 4.68 Å². The normalized spacial score (nSPS) is 15.9. The van der Waals surface area contributed by atoms with Crippen molar-refractivity contribution in [2.45, 2.75) is 31.9 Å². The second-order valence-corrected chi connectivity index (χ2v) is 7.94. The highest BCUT2D eigenvalue weighted by molar-refractivity contribution is 6.36. The van der Waals surface area contributed by atoms with Crippen molar-refractivity contribution >= 4 is 29.0 Å². The minimum absolute atomic E-state index is 0.0964. The van der Waals surface area contributed by atoms with Crippen molar-refractivity contribution in [3.05, 3.63) is 52.1 Å². The first-order chi connectivity index (χ1) is 14.4. The Balaban J connectivity index is 1.58. The molecular formula is C20H21Cl2FN6O. The second-order valence-electron chi connectivity index (χ2n) is 7.15. The van der Waals surface area contributed by atoms with E-state index >= 15 is 0 Å². The number of hydrogen-bond acceptors (Lipinski definition) is 6. The van der Waals surface area contributed by atoms with Crippen LogP contribution in [0.4, 0.5) is 10.2 Å². The van der Waals surface area contributed by atoms with Crippen LogP contribution in [0.2, 0.25) is 10.0 Å². The quantitative estimate of drug-likeness (QED) is 0.558. The molecule has 0 saturated carbocycles. The fourth-order valence-electron chi connectivity index (χ4n) is 3.49. The molecule has 1 saturated heterocycles. The average molecular weight is 451 g/mol. The molecule has 0 spiro atoms. The number of nitrogen functional groups attached to an aromatic ring is 1. The molecule has 1 aliphatic rings. The summed E-state index contributed by atoms with van der Waals surface area (Å²) in [6.45, 7) is 3.64. The summed E-state index contributed by atoms with van der Waals surface area (Å²) in [7, 11) is 0. The van der Waals surface area contributed by atoms with Crippen LogP contribution in [0, 0.1) is 5.82 Å². The van der Waals surface area contributed by atoms with Gasteiger partial charge >= 0.3 is 0 Å². The zero-order valence-corrected chi connectivity index (χ0v) is 17.8. The Bertz CT molecular complexity index is 1050. The average Bonchev–Trinajstić information content (AvgIpc) is 3.24. The molecule has 4 rings (SSSR count). The third-order valence-electron chi connectivity index (χ3n) is 5.12. The number of nitrogens with one attached hydrogen (secondary N) is 1. The summed E-state index contributed by atoms with van der Waals surface area (Å²) in [5.74, 6) is -0.351. The van der Waals surface area contributed by atoms with Crippen LogP contribution < -0.4 is 15.8 Å². The molecule has 0 aliphatic carbocycles. The topological polar surface area (TPSA) is 90.9 Å². The molecule has 3 heterocycles. The minimum atomic E-state index is -0.690. The van der Waals surface area contributed by atoms with E-state index in [-0.39, 0.29) is 16.7 Å².